The SMILES string of the molecule is C/C=C/C(F)(F)c1ccc(C(F)c2c(C3CCN(c4ncc(CCCCC(=O)O)cn4)CC3)nc3c(c2C2CCC(F)(F)CC2)C(O)CC(C)(C)C3)cc1. The first-order valence-corrected chi connectivity index (χ1v) is 19.2. The lowest BCUT2D eigenvalue weighted by molar-refractivity contribution is -0.137. The molecule has 1 aromatic carbocycles. The number of rotatable bonds is 12. The Labute approximate surface area is 314 Å². The molecule has 2 aliphatic carbocycles. The van der Waals surface area contributed by atoms with E-state index in [4.69, 9.17) is 10.1 Å². The maximum absolute atomic E-state index is 17.5. The van der Waals surface area contributed by atoms with Crippen molar-refractivity contribution in [3.8, 4) is 0 Å². The fraction of sp³-hybridized carbons (Fsp3) is 0.571. The highest BCUT2D eigenvalue weighted by Crippen LogP contribution is 2.52. The smallest absolute Gasteiger partial charge is 0.303 e. The second-order valence-electron chi connectivity index (χ2n) is 16.2. The molecule has 0 radical (unpaired) electrons. The highest BCUT2D eigenvalue weighted by atomic mass is 19.3. The number of pyridine rings is 1. The number of aliphatic carboxylic acids is 1. The fourth-order valence-corrected chi connectivity index (χ4v) is 8.65. The molecule has 12 heteroatoms. The van der Waals surface area contributed by atoms with Gasteiger partial charge >= 0.3 is 5.97 Å². The largest absolute Gasteiger partial charge is 0.481 e. The number of hydrogen-bond acceptors (Lipinski definition) is 6. The topological polar surface area (TPSA) is 99.4 Å². The van der Waals surface area contributed by atoms with Gasteiger partial charge in [0.15, 0.2) is 6.17 Å². The zero-order valence-electron chi connectivity index (χ0n) is 31.3. The maximum Gasteiger partial charge on any atom is 0.303 e. The molecule has 7 nitrogen and oxygen atoms in total. The second-order valence-corrected chi connectivity index (χ2v) is 16.2. The lowest BCUT2D eigenvalue weighted by Gasteiger charge is -2.41. The van der Waals surface area contributed by atoms with Crippen molar-refractivity contribution in [3.05, 3.63) is 93.6 Å². The summed E-state index contributed by atoms with van der Waals surface area (Å²) in [5, 5.41) is 20.6. The molecule has 1 aliphatic heterocycles. The van der Waals surface area contributed by atoms with Crippen molar-refractivity contribution in [1.29, 1.82) is 0 Å². The third-order valence-corrected chi connectivity index (χ3v) is 11.5. The van der Waals surface area contributed by atoms with Crippen molar-refractivity contribution in [3.63, 3.8) is 0 Å². The zero-order valence-corrected chi connectivity index (χ0v) is 31.3. The predicted molar refractivity (Wildman–Crippen MR) is 197 cm³/mol. The van der Waals surface area contributed by atoms with E-state index >= 15 is 4.39 Å². The number of unbranched alkanes of at least 4 members (excludes halogenated alkanes) is 1. The van der Waals surface area contributed by atoms with E-state index < -0.39 is 36.0 Å². The number of aliphatic hydroxyl groups is 1. The van der Waals surface area contributed by atoms with Crippen molar-refractivity contribution in [2.45, 2.75) is 134 Å². The van der Waals surface area contributed by atoms with E-state index in [1.54, 1.807) is 12.4 Å². The van der Waals surface area contributed by atoms with E-state index in [2.05, 4.69) is 28.7 Å². The third-order valence-electron chi connectivity index (χ3n) is 11.5. The van der Waals surface area contributed by atoms with E-state index in [1.807, 2.05) is 0 Å². The summed E-state index contributed by atoms with van der Waals surface area (Å²) in [4.78, 5) is 27.2. The number of aromatic nitrogens is 3. The van der Waals surface area contributed by atoms with Gasteiger partial charge in [-0.3, -0.25) is 9.78 Å². The first-order valence-electron chi connectivity index (χ1n) is 19.2. The van der Waals surface area contributed by atoms with Crippen LogP contribution >= 0.6 is 0 Å². The van der Waals surface area contributed by atoms with Crippen LogP contribution in [0.15, 0.2) is 48.8 Å². The van der Waals surface area contributed by atoms with Crippen molar-refractivity contribution in [1.82, 2.24) is 15.0 Å². The predicted octanol–water partition coefficient (Wildman–Crippen LogP) is 10.1. The van der Waals surface area contributed by atoms with Gasteiger partial charge in [-0.25, -0.2) is 23.1 Å². The first-order chi connectivity index (χ1) is 25.6. The number of alkyl halides is 5. The molecule has 3 heterocycles. The number of carboxylic acid groups (broad SMARTS) is 1. The van der Waals surface area contributed by atoms with E-state index in [0.29, 0.717) is 80.1 Å². The van der Waals surface area contributed by atoms with Crippen LogP contribution in [-0.4, -0.2) is 50.1 Å². The molecule has 0 spiro atoms. The Balaban J connectivity index is 1.36. The number of fused-ring (bicyclic) bond motifs is 1. The van der Waals surface area contributed by atoms with Gasteiger partial charge in [0.2, 0.25) is 11.9 Å². The molecule has 3 aliphatic rings. The van der Waals surface area contributed by atoms with E-state index in [1.165, 1.54) is 37.3 Å². The van der Waals surface area contributed by atoms with Crippen LogP contribution in [0.5, 0.6) is 0 Å². The molecule has 0 amide bonds. The number of allylic oxidation sites excluding steroid dienone is 2. The molecule has 2 atom stereocenters. The molecule has 6 rings (SSSR count). The van der Waals surface area contributed by atoms with E-state index in [0.717, 1.165) is 18.1 Å². The van der Waals surface area contributed by atoms with Gasteiger partial charge in [0.05, 0.1) is 11.8 Å². The van der Waals surface area contributed by atoms with Crippen LogP contribution in [0.4, 0.5) is 27.9 Å². The molecular formula is C42H51F5N4O3. The van der Waals surface area contributed by atoms with Crippen molar-refractivity contribution in [2.75, 3.05) is 18.0 Å². The maximum atomic E-state index is 17.5. The molecule has 2 unspecified atom stereocenters. The minimum atomic E-state index is -3.23. The van der Waals surface area contributed by atoms with Gasteiger partial charge in [0.1, 0.15) is 0 Å². The summed E-state index contributed by atoms with van der Waals surface area (Å²) in [7, 11) is 0. The minimum Gasteiger partial charge on any atom is -0.481 e. The summed E-state index contributed by atoms with van der Waals surface area (Å²) >= 11 is 0. The number of nitrogens with zero attached hydrogens (tertiary/aromatic N) is 4. The first kappa shape index (κ1) is 39.8. The van der Waals surface area contributed by atoms with Crippen LogP contribution in [0, 0.1) is 5.41 Å². The number of anilines is 1. The summed E-state index contributed by atoms with van der Waals surface area (Å²) in [6, 6.07) is 5.19. The monoisotopic (exact) mass is 754 g/mol. The Bertz CT molecular complexity index is 1800. The highest BCUT2D eigenvalue weighted by molar-refractivity contribution is 5.66. The quantitative estimate of drug-likeness (QED) is 0.108. The molecule has 2 N–H and O–H groups in total. The van der Waals surface area contributed by atoms with Gasteiger partial charge in [0.25, 0.3) is 5.92 Å². The molecular weight excluding hydrogens is 703 g/mol. The minimum absolute atomic E-state index is 0.121. The Kier molecular flexibility index (Phi) is 11.8. The summed E-state index contributed by atoms with van der Waals surface area (Å²) in [5.41, 5.74) is 3.19. The molecule has 1 saturated heterocycles. The zero-order chi connectivity index (χ0) is 38.8. The molecule has 54 heavy (non-hydrogen) atoms. The number of aliphatic hydroxyl groups excluding tert-OH is 1. The Hall–Kier alpha value is -3.93. The van der Waals surface area contributed by atoms with Crippen LogP contribution < -0.4 is 4.90 Å². The molecule has 2 aromatic heterocycles. The second kappa shape index (κ2) is 16.0. The summed E-state index contributed by atoms with van der Waals surface area (Å²) in [5.74, 6) is -6.91. The molecule has 0 bridgehead atoms. The Morgan fingerprint density at radius 3 is 2.26 bits per heavy atom. The summed E-state index contributed by atoms with van der Waals surface area (Å²) in [6.07, 6.45) is 6.69. The lowest BCUT2D eigenvalue weighted by Crippen LogP contribution is -2.36. The standard InChI is InChI=1S/C42H51F5N4O3/c1-4-17-42(46,47)30-11-9-28(10-12-30)37(43)36-34(27-13-18-41(44,45)19-14-27)35-31(22-40(2,3)23-32(35)52)50-38(36)29-15-20-51(21-16-29)39-48-24-26(25-49-39)7-5-6-8-33(53)54/h4,9-12,17,24-25,27,29,32,37,52H,5-8,13-16,18-23H2,1-3H3,(H,53,54)/b17-4+. The number of halogens is 5. The van der Waals surface area contributed by atoms with Crippen LogP contribution in [0.3, 0.4) is 0 Å². The number of hydrogen-bond donors (Lipinski definition) is 2. The summed E-state index contributed by atoms with van der Waals surface area (Å²) in [6.45, 7) is 6.73. The van der Waals surface area contributed by atoms with Crippen molar-refractivity contribution >= 4 is 11.9 Å². The number of benzene rings is 1. The normalized spacial score (nSPS) is 21.3. The molecule has 1 saturated carbocycles. The Morgan fingerprint density at radius 2 is 1.65 bits per heavy atom. The number of piperidine rings is 1. The van der Waals surface area contributed by atoms with E-state index in [9.17, 15) is 27.5 Å². The van der Waals surface area contributed by atoms with Gasteiger partial charge in [-0.05, 0) is 98.8 Å². The summed E-state index contributed by atoms with van der Waals surface area (Å²) < 4.78 is 76.0. The number of carboxylic acids is 1. The average Bonchev–Trinajstić information content (AvgIpc) is 3.12. The van der Waals surface area contributed by atoms with Crippen LogP contribution in [0.1, 0.15) is 154 Å². The van der Waals surface area contributed by atoms with Crippen molar-refractivity contribution in [2.24, 2.45) is 5.41 Å². The highest BCUT2D eigenvalue weighted by Gasteiger charge is 2.43. The van der Waals surface area contributed by atoms with Crippen molar-refractivity contribution < 1.29 is 37.0 Å². The third kappa shape index (κ3) is 8.95. The lowest BCUT2D eigenvalue weighted by atomic mass is 9.68. The van der Waals surface area contributed by atoms with Gasteiger partial charge in [-0.15, -0.1) is 0 Å². The molecule has 292 valence electrons. The van der Waals surface area contributed by atoms with Crippen LogP contribution in [0.2, 0.25) is 0 Å². The number of aryl methyl sites for hydroxylation is 1. The van der Waals surface area contributed by atoms with E-state index in [-0.39, 0.29) is 60.1 Å². The van der Waals surface area contributed by atoms with Gasteiger partial charge in [-0.1, -0.05) is 44.2 Å². The number of carbonyl (C=O) groups is 1. The van der Waals surface area contributed by atoms with Crippen LogP contribution in [-0.2, 0) is 23.6 Å². The van der Waals surface area contributed by atoms with Gasteiger partial charge in [0, 0.05) is 73.0 Å². The Morgan fingerprint density at radius 1 is 1.00 bits per heavy atom. The molecule has 2 fully saturated rings. The van der Waals surface area contributed by atoms with Crippen LogP contribution in [0.25, 0.3) is 0 Å². The van der Waals surface area contributed by atoms with Gasteiger partial charge in [-0.2, -0.15) is 8.78 Å². The average molecular weight is 755 g/mol. The molecule has 3 aromatic rings. The van der Waals surface area contributed by atoms with Gasteiger partial charge < -0.3 is 15.1 Å². The fourth-order valence-electron chi connectivity index (χ4n) is 8.65.